The fourth-order valence-electron chi connectivity index (χ4n) is 1.75. The van der Waals surface area contributed by atoms with E-state index in [1.807, 2.05) is 13.8 Å². The monoisotopic (exact) mass is 214 g/mol. The van der Waals surface area contributed by atoms with Gasteiger partial charge < -0.3 is 15.3 Å². The van der Waals surface area contributed by atoms with E-state index in [0.717, 1.165) is 25.9 Å². The molecule has 0 saturated carbocycles. The Morgan fingerprint density at radius 3 is 2.47 bits per heavy atom. The van der Waals surface area contributed by atoms with Gasteiger partial charge in [-0.15, -0.1) is 0 Å². The van der Waals surface area contributed by atoms with Gasteiger partial charge in [-0.3, -0.25) is 4.79 Å². The first-order chi connectivity index (χ1) is 6.99. The molecule has 0 aromatic heterocycles. The first-order valence-corrected chi connectivity index (χ1v) is 5.58. The van der Waals surface area contributed by atoms with Crippen molar-refractivity contribution in [1.29, 1.82) is 0 Å². The molecule has 88 valence electrons. The predicted octanol–water partition coefficient (Wildman–Crippen LogP) is 0.215. The largest absolute Gasteiger partial charge is 0.394 e. The van der Waals surface area contributed by atoms with E-state index in [4.69, 9.17) is 0 Å². The molecule has 0 bridgehead atoms. The molecule has 0 aromatic carbocycles. The smallest absolute Gasteiger partial charge is 0.226 e. The maximum atomic E-state index is 12.1. The van der Waals surface area contributed by atoms with Crippen LogP contribution in [-0.4, -0.2) is 48.2 Å². The zero-order valence-corrected chi connectivity index (χ0v) is 9.92. The van der Waals surface area contributed by atoms with E-state index in [1.165, 1.54) is 0 Å². The number of likely N-dealkylation sites (N-methyl/N-ethyl adjacent to an activating group) is 1. The summed E-state index contributed by atoms with van der Waals surface area (Å²) in [6, 6.07) is 0. The number of aliphatic hydroxyl groups excluding tert-OH is 1. The molecule has 0 atom stereocenters. The number of carbonyl (C=O) groups excluding carboxylic acids is 1. The highest BCUT2D eigenvalue weighted by Gasteiger charge is 2.31. The summed E-state index contributed by atoms with van der Waals surface area (Å²) in [5.74, 6) is 0.289. The Hall–Kier alpha value is -0.610. The van der Waals surface area contributed by atoms with Gasteiger partial charge in [0.05, 0.1) is 12.1 Å². The number of piperidine rings is 1. The normalized spacial score (nSPS) is 18.9. The third kappa shape index (κ3) is 2.92. The van der Waals surface area contributed by atoms with E-state index in [-0.39, 0.29) is 18.4 Å². The second-order valence-corrected chi connectivity index (χ2v) is 4.89. The summed E-state index contributed by atoms with van der Waals surface area (Å²) < 4.78 is 0. The average Bonchev–Trinajstić information content (AvgIpc) is 2.28. The van der Waals surface area contributed by atoms with Crippen LogP contribution >= 0.6 is 0 Å². The highest BCUT2D eigenvalue weighted by Crippen LogP contribution is 2.20. The van der Waals surface area contributed by atoms with Crippen LogP contribution in [0.3, 0.4) is 0 Å². The molecule has 0 aromatic rings. The van der Waals surface area contributed by atoms with E-state index in [9.17, 15) is 9.90 Å². The minimum absolute atomic E-state index is 0.000208. The summed E-state index contributed by atoms with van der Waals surface area (Å²) in [6.45, 7) is 5.60. The van der Waals surface area contributed by atoms with Crippen LogP contribution in [0.25, 0.3) is 0 Å². The zero-order valence-electron chi connectivity index (χ0n) is 9.92. The van der Waals surface area contributed by atoms with Crippen molar-refractivity contribution in [2.45, 2.75) is 32.2 Å². The summed E-state index contributed by atoms with van der Waals surface area (Å²) >= 11 is 0. The van der Waals surface area contributed by atoms with Gasteiger partial charge in [0.15, 0.2) is 0 Å². The van der Waals surface area contributed by atoms with Crippen molar-refractivity contribution in [3.05, 3.63) is 0 Å². The lowest BCUT2D eigenvalue weighted by molar-refractivity contribution is -0.141. The predicted molar refractivity (Wildman–Crippen MR) is 59.5 cm³/mol. The van der Waals surface area contributed by atoms with Crippen molar-refractivity contribution in [3.8, 4) is 0 Å². The van der Waals surface area contributed by atoms with Crippen LogP contribution in [0.1, 0.15) is 26.7 Å². The third-order valence-corrected chi connectivity index (χ3v) is 3.31. The van der Waals surface area contributed by atoms with Crippen LogP contribution in [0, 0.1) is 5.92 Å². The number of hydrogen-bond acceptors (Lipinski definition) is 3. The molecule has 1 rings (SSSR count). The van der Waals surface area contributed by atoms with Gasteiger partial charge in [-0.05, 0) is 39.8 Å². The fourth-order valence-corrected chi connectivity index (χ4v) is 1.75. The fraction of sp³-hybridized carbons (Fsp3) is 0.909. The third-order valence-electron chi connectivity index (χ3n) is 3.31. The molecule has 4 nitrogen and oxygen atoms in total. The molecule has 1 saturated heterocycles. The molecule has 1 amide bonds. The summed E-state index contributed by atoms with van der Waals surface area (Å²) in [6.07, 6.45) is 1.81. The molecule has 0 unspecified atom stereocenters. The second-order valence-electron chi connectivity index (χ2n) is 4.89. The minimum Gasteiger partial charge on any atom is -0.394 e. The number of nitrogens with zero attached hydrogens (tertiary/aromatic N) is 1. The van der Waals surface area contributed by atoms with Crippen LogP contribution in [-0.2, 0) is 4.79 Å². The second kappa shape index (κ2) is 4.94. The molecular weight excluding hydrogens is 192 g/mol. The van der Waals surface area contributed by atoms with Crippen molar-refractivity contribution in [2.24, 2.45) is 5.92 Å². The Morgan fingerprint density at radius 2 is 2.00 bits per heavy atom. The first kappa shape index (κ1) is 12.5. The van der Waals surface area contributed by atoms with Crippen LogP contribution < -0.4 is 5.32 Å². The van der Waals surface area contributed by atoms with Crippen molar-refractivity contribution in [2.75, 3.05) is 26.7 Å². The van der Waals surface area contributed by atoms with E-state index < -0.39 is 5.54 Å². The number of hydrogen-bond donors (Lipinski definition) is 2. The average molecular weight is 214 g/mol. The maximum absolute atomic E-state index is 12.1. The highest BCUT2D eigenvalue weighted by atomic mass is 16.3. The zero-order chi connectivity index (χ0) is 11.5. The molecule has 2 N–H and O–H groups in total. The number of nitrogens with one attached hydrogen (secondary N) is 1. The Kier molecular flexibility index (Phi) is 4.11. The Balaban J connectivity index is 2.58. The Labute approximate surface area is 91.6 Å². The number of amides is 1. The maximum Gasteiger partial charge on any atom is 0.226 e. The van der Waals surface area contributed by atoms with Gasteiger partial charge in [-0.1, -0.05) is 0 Å². The Morgan fingerprint density at radius 1 is 1.47 bits per heavy atom. The summed E-state index contributed by atoms with van der Waals surface area (Å²) in [7, 11) is 1.78. The quantitative estimate of drug-likeness (QED) is 0.706. The number of carbonyl (C=O) groups is 1. The van der Waals surface area contributed by atoms with Crippen molar-refractivity contribution >= 4 is 5.91 Å². The van der Waals surface area contributed by atoms with Crippen molar-refractivity contribution in [3.63, 3.8) is 0 Å². The standard InChI is InChI=1S/C11H22N2O2/c1-11(2,8-14)13(3)10(15)9-4-6-12-7-5-9/h9,12,14H,4-8H2,1-3H3. The lowest BCUT2D eigenvalue weighted by Crippen LogP contribution is -2.51. The van der Waals surface area contributed by atoms with E-state index in [0.29, 0.717) is 0 Å². The van der Waals surface area contributed by atoms with Gasteiger partial charge in [0.2, 0.25) is 5.91 Å². The van der Waals surface area contributed by atoms with E-state index in [2.05, 4.69) is 5.32 Å². The SMILES string of the molecule is CN(C(=O)C1CCNCC1)C(C)(C)CO. The molecule has 15 heavy (non-hydrogen) atoms. The summed E-state index contributed by atoms with van der Waals surface area (Å²) in [5.41, 5.74) is -0.456. The lowest BCUT2D eigenvalue weighted by Gasteiger charge is -2.37. The molecule has 1 aliphatic heterocycles. The lowest BCUT2D eigenvalue weighted by atomic mass is 9.94. The summed E-state index contributed by atoms with van der Waals surface area (Å²) in [4.78, 5) is 13.8. The van der Waals surface area contributed by atoms with E-state index >= 15 is 0 Å². The van der Waals surface area contributed by atoms with Crippen molar-refractivity contribution < 1.29 is 9.90 Å². The minimum atomic E-state index is -0.456. The molecule has 0 radical (unpaired) electrons. The molecule has 4 heteroatoms. The number of aliphatic hydroxyl groups is 1. The number of rotatable bonds is 3. The van der Waals surface area contributed by atoms with Gasteiger partial charge >= 0.3 is 0 Å². The molecule has 0 spiro atoms. The molecule has 1 fully saturated rings. The topological polar surface area (TPSA) is 52.6 Å². The van der Waals surface area contributed by atoms with Gasteiger partial charge in [0.1, 0.15) is 0 Å². The van der Waals surface area contributed by atoms with Crippen LogP contribution in [0.2, 0.25) is 0 Å². The highest BCUT2D eigenvalue weighted by molar-refractivity contribution is 5.79. The Bertz CT molecular complexity index is 223. The molecule has 1 aliphatic rings. The molecule has 0 aliphatic carbocycles. The van der Waals surface area contributed by atoms with E-state index in [1.54, 1.807) is 11.9 Å². The van der Waals surface area contributed by atoms with Gasteiger partial charge in [0, 0.05) is 13.0 Å². The van der Waals surface area contributed by atoms with Gasteiger partial charge in [-0.25, -0.2) is 0 Å². The molecule has 1 heterocycles. The first-order valence-electron chi connectivity index (χ1n) is 5.58. The van der Waals surface area contributed by atoms with Crippen LogP contribution in [0.4, 0.5) is 0 Å². The van der Waals surface area contributed by atoms with Crippen LogP contribution in [0.15, 0.2) is 0 Å². The van der Waals surface area contributed by atoms with Crippen molar-refractivity contribution in [1.82, 2.24) is 10.2 Å². The molecular formula is C11H22N2O2. The van der Waals surface area contributed by atoms with Gasteiger partial charge in [-0.2, -0.15) is 0 Å². The van der Waals surface area contributed by atoms with Crippen LogP contribution in [0.5, 0.6) is 0 Å². The summed E-state index contributed by atoms with van der Waals surface area (Å²) in [5, 5.41) is 12.4. The van der Waals surface area contributed by atoms with Gasteiger partial charge in [0.25, 0.3) is 0 Å².